The minimum absolute atomic E-state index is 0.889. The number of hydrogen-bond acceptors (Lipinski definition) is 2. The average Bonchev–Trinajstić information content (AvgIpc) is 3.91. The second-order valence-corrected chi connectivity index (χ2v) is 16.1. The summed E-state index contributed by atoms with van der Waals surface area (Å²) in [5.41, 5.74) is 17.9. The summed E-state index contributed by atoms with van der Waals surface area (Å²) in [5, 5.41) is 4.75. The van der Waals surface area contributed by atoms with Gasteiger partial charge in [0.05, 0.1) is 11.0 Å². The van der Waals surface area contributed by atoms with E-state index in [0.717, 1.165) is 66.9 Å². The second-order valence-electron chi connectivity index (χ2n) is 16.1. The van der Waals surface area contributed by atoms with Crippen molar-refractivity contribution in [1.82, 2.24) is 4.57 Å². The predicted octanol–water partition coefficient (Wildman–Crippen LogP) is 16.8. The van der Waals surface area contributed by atoms with Crippen LogP contribution in [0.4, 0.5) is 17.1 Å². The Morgan fingerprint density at radius 2 is 0.730 bits per heavy atom. The minimum atomic E-state index is 0.889. The number of benzene rings is 10. The van der Waals surface area contributed by atoms with Crippen LogP contribution in [0.5, 0.6) is 0 Å². The van der Waals surface area contributed by atoms with E-state index in [-0.39, 0.29) is 0 Å². The van der Waals surface area contributed by atoms with Crippen molar-refractivity contribution in [3.63, 3.8) is 0 Å². The molecule has 10 aromatic carbocycles. The van der Waals surface area contributed by atoms with Gasteiger partial charge in [0.1, 0.15) is 11.2 Å². The Balaban J connectivity index is 0.915. The third kappa shape index (κ3) is 6.46. The van der Waals surface area contributed by atoms with Crippen molar-refractivity contribution >= 4 is 60.8 Å². The van der Waals surface area contributed by atoms with Crippen LogP contribution in [0.25, 0.3) is 93.9 Å². The van der Waals surface area contributed by atoms with Crippen LogP contribution in [0.15, 0.2) is 247 Å². The van der Waals surface area contributed by atoms with Crippen molar-refractivity contribution in [2.45, 2.75) is 0 Å². The maximum atomic E-state index is 6.50. The fourth-order valence-corrected chi connectivity index (χ4v) is 9.31. The fraction of sp³-hybridized carbons (Fsp3) is 0. The van der Waals surface area contributed by atoms with Gasteiger partial charge < -0.3 is 13.9 Å². The summed E-state index contributed by atoms with van der Waals surface area (Å²) in [6.07, 6.45) is 0. The summed E-state index contributed by atoms with van der Waals surface area (Å²) in [6, 6.07) is 87.0. The van der Waals surface area contributed by atoms with E-state index in [4.69, 9.17) is 4.42 Å². The number of rotatable bonds is 8. The van der Waals surface area contributed by atoms with E-state index in [1.54, 1.807) is 0 Å². The summed E-state index contributed by atoms with van der Waals surface area (Å²) in [7, 11) is 0. The van der Waals surface area contributed by atoms with Gasteiger partial charge in [-0.3, -0.25) is 0 Å². The van der Waals surface area contributed by atoms with Gasteiger partial charge >= 0.3 is 0 Å². The van der Waals surface area contributed by atoms with Crippen LogP contribution in [0, 0.1) is 0 Å². The molecule has 0 radical (unpaired) electrons. The van der Waals surface area contributed by atoms with E-state index < -0.39 is 0 Å². The molecule has 2 aromatic heterocycles. The molecular weight excluding hydrogens is 765 g/mol. The summed E-state index contributed by atoms with van der Waals surface area (Å²) in [5.74, 6) is 0. The summed E-state index contributed by atoms with van der Waals surface area (Å²) < 4.78 is 8.87. The van der Waals surface area contributed by atoms with Gasteiger partial charge in [0, 0.05) is 49.9 Å². The van der Waals surface area contributed by atoms with Gasteiger partial charge in [-0.15, -0.1) is 0 Å². The highest BCUT2D eigenvalue weighted by atomic mass is 16.3. The molecule has 12 aromatic rings. The quantitative estimate of drug-likeness (QED) is 0.153. The Labute approximate surface area is 366 Å². The minimum Gasteiger partial charge on any atom is -0.455 e. The van der Waals surface area contributed by atoms with Gasteiger partial charge in [0.15, 0.2) is 0 Å². The lowest BCUT2D eigenvalue weighted by molar-refractivity contribution is 0.670. The molecule has 0 spiro atoms. The van der Waals surface area contributed by atoms with Crippen LogP contribution in [0.1, 0.15) is 0 Å². The molecule has 3 nitrogen and oxygen atoms in total. The number of furan rings is 1. The third-order valence-electron chi connectivity index (χ3n) is 12.4. The smallest absolute Gasteiger partial charge is 0.143 e. The highest BCUT2D eigenvalue weighted by Crippen LogP contribution is 2.41. The molecule has 63 heavy (non-hydrogen) atoms. The molecule has 0 saturated heterocycles. The van der Waals surface area contributed by atoms with Crippen molar-refractivity contribution in [3.05, 3.63) is 243 Å². The summed E-state index contributed by atoms with van der Waals surface area (Å²) in [4.78, 5) is 2.35. The van der Waals surface area contributed by atoms with E-state index in [2.05, 4.69) is 246 Å². The Morgan fingerprint density at radius 1 is 0.302 bits per heavy atom. The van der Waals surface area contributed by atoms with Crippen LogP contribution in [0.2, 0.25) is 0 Å². The van der Waals surface area contributed by atoms with E-state index in [1.165, 1.54) is 44.1 Å². The lowest BCUT2D eigenvalue weighted by atomic mass is 9.99. The topological polar surface area (TPSA) is 21.3 Å². The zero-order valence-electron chi connectivity index (χ0n) is 34.4. The van der Waals surface area contributed by atoms with E-state index >= 15 is 0 Å². The SMILES string of the molecule is c1ccc(-c2ccc(-c3ccc(N(c4ccc(-c5ccc6oc7c(-c8ccccc8)cccc7c6c5)cc4)c4ccc(-n5c6ccccc6c6ccccc65)cc4)cc3)cc2)cc1. The van der Waals surface area contributed by atoms with Crippen molar-refractivity contribution in [2.24, 2.45) is 0 Å². The van der Waals surface area contributed by atoms with Crippen LogP contribution < -0.4 is 4.90 Å². The molecule has 3 heteroatoms. The monoisotopic (exact) mass is 804 g/mol. The number of hydrogen-bond donors (Lipinski definition) is 0. The van der Waals surface area contributed by atoms with Gasteiger partial charge in [-0.05, 0) is 112 Å². The molecule has 2 heterocycles. The molecule has 0 aliphatic carbocycles. The number of aromatic nitrogens is 1. The predicted molar refractivity (Wildman–Crippen MR) is 264 cm³/mol. The van der Waals surface area contributed by atoms with Crippen LogP contribution in [0.3, 0.4) is 0 Å². The molecule has 0 N–H and O–H groups in total. The maximum absolute atomic E-state index is 6.50. The van der Waals surface area contributed by atoms with Crippen LogP contribution in [-0.4, -0.2) is 4.57 Å². The zero-order chi connectivity index (χ0) is 41.7. The lowest BCUT2D eigenvalue weighted by Gasteiger charge is -2.26. The third-order valence-corrected chi connectivity index (χ3v) is 12.4. The largest absolute Gasteiger partial charge is 0.455 e. The zero-order valence-corrected chi connectivity index (χ0v) is 34.4. The Morgan fingerprint density at radius 3 is 1.30 bits per heavy atom. The highest BCUT2D eigenvalue weighted by Gasteiger charge is 2.17. The molecular formula is C60H40N2O. The number of para-hydroxylation sites is 3. The number of nitrogens with zero attached hydrogens (tertiary/aromatic N) is 2. The first-order chi connectivity index (χ1) is 31.2. The Hall–Kier alpha value is -8.40. The molecule has 0 aliphatic heterocycles. The van der Waals surface area contributed by atoms with Gasteiger partial charge in [-0.25, -0.2) is 0 Å². The molecule has 0 amide bonds. The summed E-state index contributed by atoms with van der Waals surface area (Å²) in [6.45, 7) is 0. The molecule has 0 fully saturated rings. The highest BCUT2D eigenvalue weighted by molar-refractivity contribution is 6.11. The van der Waals surface area contributed by atoms with Gasteiger partial charge in [-0.1, -0.05) is 170 Å². The molecule has 12 rings (SSSR count). The first kappa shape index (κ1) is 36.5. The molecule has 0 atom stereocenters. The molecule has 296 valence electrons. The molecule has 0 aliphatic rings. The Bertz CT molecular complexity index is 3510. The van der Waals surface area contributed by atoms with Crippen molar-refractivity contribution in [2.75, 3.05) is 4.90 Å². The first-order valence-electron chi connectivity index (χ1n) is 21.5. The van der Waals surface area contributed by atoms with Crippen molar-refractivity contribution < 1.29 is 4.42 Å². The van der Waals surface area contributed by atoms with E-state index in [9.17, 15) is 0 Å². The number of fused-ring (bicyclic) bond motifs is 6. The van der Waals surface area contributed by atoms with Crippen LogP contribution in [-0.2, 0) is 0 Å². The van der Waals surface area contributed by atoms with E-state index in [1.807, 2.05) is 6.07 Å². The second kappa shape index (κ2) is 15.3. The summed E-state index contributed by atoms with van der Waals surface area (Å²) >= 11 is 0. The number of anilines is 3. The molecule has 0 saturated carbocycles. The molecule has 0 bridgehead atoms. The lowest BCUT2D eigenvalue weighted by Crippen LogP contribution is -2.10. The maximum Gasteiger partial charge on any atom is 0.143 e. The van der Waals surface area contributed by atoms with Crippen molar-refractivity contribution in [1.29, 1.82) is 0 Å². The van der Waals surface area contributed by atoms with Crippen molar-refractivity contribution in [3.8, 4) is 50.2 Å². The average molecular weight is 805 g/mol. The van der Waals surface area contributed by atoms with Crippen LogP contribution >= 0.6 is 0 Å². The normalized spacial score (nSPS) is 11.5. The van der Waals surface area contributed by atoms with Gasteiger partial charge in [0.2, 0.25) is 0 Å². The Kier molecular flexibility index (Phi) is 8.83. The standard InChI is InChI=1S/C60H40N2O/c1-3-12-41(13-4-1)42-22-24-43(25-23-42)44-26-31-48(32-27-44)61(50-35-37-51(38-36-50)62-57-20-9-7-16-53(57)54-17-8-10-21-58(54)62)49-33-28-45(29-34-49)47-30-39-59-56(40-47)55-19-11-18-52(60(55)63-59)46-14-5-2-6-15-46/h1-40H. The van der Waals surface area contributed by atoms with Gasteiger partial charge in [0.25, 0.3) is 0 Å². The fourth-order valence-electron chi connectivity index (χ4n) is 9.31. The molecule has 0 unspecified atom stereocenters. The van der Waals surface area contributed by atoms with E-state index in [0.29, 0.717) is 0 Å². The van der Waals surface area contributed by atoms with Gasteiger partial charge in [-0.2, -0.15) is 0 Å². The first-order valence-corrected chi connectivity index (χ1v) is 21.5.